The molecule has 14 heteroatoms. The van der Waals surface area contributed by atoms with Crippen LogP contribution < -0.4 is 15.4 Å². The second kappa shape index (κ2) is 21.1. The van der Waals surface area contributed by atoms with Crippen LogP contribution in [0.15, 0.2) is 66.7 Å². The van der Waals surface area contributed by atoms with E-state index in [1.54, 1.807) is 36.4 Å². The number of phenols is 2. The number of benzene rings is 3. The van der Waals surface area contributed by atoms with Gasteiger partial charge in [-0.2, -0.15) is 0 Å². The first kappa shape index (κ1) is 43.5. The minimum Gasteiger partial charge on any atom is -0.507 e. The van der Waals surface area contributed by atoms with Gasteiger partial charge in [-0.15, -0.1) is 0 Å². The van der Waals surface area contributed by atoms with Crippen LogP contribution in [0.2, 0.25) is 0 Å². The van der Waals surface area contributed by atoms with E-state index in [0.29, 0.717) is 30.6 Å². The number of rotatable bonds is 14. The van der Waals surface area contributed by atoms with Crippen molar-refractivity contribution in [1.29, 1.82) is 0 Å². The van der Waals surface area contributed by atoms with Gasteiger partial charge in [-0.25, -0.2) is 4.79 Å². The quantitative estimate of drug-likeness (QED) is 0.0389. The van der Waals surface area contributed by atoms with Crippen LogP contribution in [-0.4, -0.2) is 77.7 Å². The van der Waals surface area contributed by atoms with Gasteiger partial charge in [0.1, 0.15) is 23.7 Å². The van der Waals surface area contributed by atoms with Crippen molar-refractivity contribution in [2.45, 2.75) is 91.1 Å². The van der Waals surface area contributed by atoms with E-state index >= 15 is 0 Å². The fourth-order valence-electron chi connectivity index (χ4n) is 5.80. The fraction of sp³-hybridized carbons (Fsp3) is 0.415. The minimum atomic E-state index is -1.42. The topological polar surface area (TPSA) is 204 Å². The molecule has 1 aliphatic rings. The number of methoxy groups -OCH3 is 1. The molecular weight excluding hydrogens is 712 g/mol. The number of amides is 2. The molecule has 4 rings (SSSR count). The Morgan fingerprint density at radius 1 is 0.891 bits per heavy atom. The molecule has 55 heavy (non-hydrogen) atoms. The number of carbonyl (C=O) groups is 6. The van der Waals surface area contributed by atoms with Crippen molar-refractivity contribution in [3.63, 3.8) is 0 Å². The normalized spacial score (nSPS) is 19.5. The van der Waals surface area contributed by atoms with Crippen molar-refractivity contribution in [2.24, 2.45) is 11.8 Å². The number of hydrogen-bond donors (Lipinski definition) is 4. The van der Waals surface area contributed by atoms with Gasteiger partial charge in [-0.1, -0.05) is 76.4 Å². The highest BCUT2D eigenvalue weighted by Gasteiger charge is 2.44. The third kappa shape index (κ3) is 12.3. The summed E-state index contributed by atoms with van der Waals surface area (Å²) in [5.74, 6) is -4.03. The lowest BCUT2D eigenvalue weighted by Gasteiger charge is -2.29. The van der Waals surface area contributed by atoms with Crippen LogP contribution in [0, 0.1) is 11.8 Å². The van der Waals surface area contributed by atoms with Crippen molar-refractivity contribution < 1.29 is 57.9 Å². The second-order valence-corrected chi connectivity index (χ2v) is 13.4. The predicted molar refractivity (Wildman–Crippen MR) is 202 cm³/mol. The Balaban J connectivity index is 0.000000394. The Labute approximate surface area is 320 Å². The molecule has 0 saturated carbocycles. The van der Waals surface area contributed by atoms with Crippen LogP contribution in [0.1, 0.15) is 93.0 Å². The molecule has 0 aliphatic carbocycles. The molecule has 0 bridgehead atoms. The van der Waals surface area contributed by atoms with E-state index in [-0.39, 0.29) is 40.7 Å². The Kier molecular flexibility index (Phi) is 16.7. The van der Waals surface area contributed by atoms with Crippen LogP contribution in [0.5, 0.6) is 17.2 Å². The summed E-state index contributed by atoms with van der Waals surface area (Å²) in [5, 5.41) is 24.9. The number of esters is 3. The van der Waals surface area contributed by atoms with Gasteiger partial charge in [-0.3, -0.25) is 24.0 Å². The Bertz CT molecular complexity index is 1790. The lowest BCUT2D eigenvalue weighted by atomic mass is 9.92. The SMILES string of the molecule is CCCCCC1C(=O)OC(C)C(NC(=O)c2cccc(NC=O)c2O)C(=O)OC(C)C1OC(=O)CC(C)C.COc1ccc(C(=O)c2ccccc2)c(O)c1. The van der Waals surface area contributed by atoms with Crippen molar-refractivity contribution in [2.75, 3.05) is 12.4 Å². The third-order valence-corrected chi connectivity index (χ3v) is 8.72. The Morgan fingerprint density at radius 2 is 1.58 bits per heavy atom. The maximum atomic E-state index is 13.3. The molecule has 3 aromatic carbocycles. The molecule has 4 N–H and O–H groups in total. The molecule has 3 aromatic rings. The molecule has 14 nitrogen and oxygen atoms in total. The molecule has 5 atom stereocenters. The van der Waals surface area contributed by atoms with Crippen LogP contribution >= 0.6 is 0 Å². The lowest BCUT2D eigenvalue weighted by molar-refractivity contribution is -0.175. The van der Waals surface area contributed by atoms with E-state index < -0.39 is 59.8 Å². The van der Waals surface area contributed by atoms with Crippen LogP contribution in [-0.2, 0) is 33.4 Å². The van der Waals surface area contributed by atoms with Crippen molar-refractivity contribution >= 4 is 41.7 Å². The van der Waals surface area contributed by atoms with Crippen LogP contribution in [0.3, 0.4) is 0 Å². The number of para-hydroxylation sites is 1. The molecule has 1 saturated heterocycles. The van der Waals surface area contributed by atoms with Crippen molar-refractivity contribution in [3.05, 3.63) is 83.4 Å². The first-order valence-corrected chi connectivity index (χ1v) is 18.1. The number of unbranched alkanes of at least 4 members (excludes halogenated alkanes) is 2. The van der Waals surface area contributed by atoms with E-state index in [9.17, 15) is 39.0 Å². The summed E-state index contributed by atoms with van der Waals surface area (Å²) < 4.78 is 21.8. The molecule has 1 aliphatic heterocycles. The van der Waals surface area contributed by atoms with Gasteiger partial charge >= 0.3 is 17.9 Å². The lowest BCUT2D eigenvalue weighted by Crippen LogP contribution is -2.50. The van der Waals surface area contributed by atoms with Gasteiger partial charge in [0.15, 0.2) is 23.7 Å². The fourth-order valence-corrected chi connectivity index (χ4v) is 5.80. The van der Waals surface area contributed by atoms with Gasteiger partial charge in [0, 0.05) is 18.1 Å². The van der Waals surface area contributed by atoms with E-state index in [1.165, 1.54) is 45.2 Å². The minimum absolute atomic E-state index is 0.00114. The summed E-state index contributed by atoms with van der Waals surface area (Å²) in [6.07, 6.45) is 0.0639. The van der Waals surface area contributed by atoms with E-state index in [0.717, 1.165) is 12.8 Å². The summed E-state index contributed by atoms with van der Waals surface area (Å²) >= 11 is 0. The van der Waals surface area contributed by atoms with Gasteiger partial charge in [0.25, 0.3) is 5.91 Å². The first-order valence-electron chi connectivity index (χ1n) is 18.1. The van der Waals surface area contributed by atoms with E-state index in [4.69, 9.17) is 18.9 Å². The summed E-state index contributed by atoms with van der Waals surface area (Å²) in [4.78, 5) is 74.8. The van der Waals surface area contributed by atoms with E-state index in [2.05, 4.69) is 10.6 Å². The van der Waals surface area contributed by atoms with Crippen molar-refractivity contribution in [3.8, 4) is 17.2 Å². The largest absolute Gasteiger partial charge is 0.507 e. The molecule has 2 amide bonds. The summed E-state index contributed by atoms with van der Waals surface area (Å²) in [6, 6.07) is 16.2. The summed E-state index contributed by atoms with van der Waals surface area (Å²) in [7, 11) is 1.51. The molecule has 1 fully saturated rings. The molecular formula is C41H50N2O12. The smallest absolute Gasteiger partial charge is 0.332 e. The van der Waals surface area contributed by atoms with Crippen LogP contribution in [0.4, 0.5) is 5.69 Å². The molecule has 1 heterocycles. The summed E-state index contributed by atoms with van der Waals surface area (Å²) in [5.41, 5.74) is 0.609. The molecule has 296 valence electrons. The number of anilines is 1. The first-order chi connectivity index (χ1) is 26.2. The Morgan fingerprint density at radius 3 is 2.20 bits per heavy atom. The number of nitrogens with one attached hydrogen (secondary N) is 2. The van der Waals surface area contributed by atoms with Crippen molar-refractivity contribution in [1.82, 2.24) is 5.32 Å². The maximum Gasteiger partial charge on any atom is 0.332 e. The van der Waals surface area contributed by atoms with Gasteiger partial charge in [0.2, 0.25) is 6.41 Å². The number of ether oxygens (including phenoxy) is 4. The summed E-state index contributed by atoms with van der Waals surface area (Å²) in [6.45, 7) is 8.70. The zero-order valence-corrected chi connectivity index (χ0v) is 31.9. The van der Waals surface area contributed by atoms with E-state index in [1.807, 2.05) is 26.8 Å². The average molecular weight is 763 g/mol. The number of hydrogen-bond acceptors (Lipinski definition) is 12. The van der Waals surface area contributed by atoms with Crippen LogP contribution in [0.25, 0.3) is 0 Å². The second-order valence-electron chi connectivity index (χ2n) is 13.4. The highest BCUT2D eigenvalue weighted by Crippen LogP contribution is 2.29. The highest BCUT2D eigenvalue weighted by atomic mass is 16.6. The zero-order chi connectivity index (χ0) is 40.7. The maximum absolute atomic E-state index is 13.3. The number of carbonyl (C=O) groups excluding carboxylic acids is 6. The van der Waals surface area contributed by atoms with Gasteiger partial charge in [0.05, 0.1) is 29.8 Å². The number of cyclic esters (lactones) is 2. The van der Waals surface area contributed by atoms with Gasteiger partial charge < -0.3 is 39.8 Å². The molecule has 0 spiro atoms. The standard InChI is InChI=1S/C27H38N2O9.C14H12O3/c1-6-7-8-10-19-24(38-21(31)13-15(2)3)17(5)37-27(35)22(16(4)36-26(19)34)29-25(33)18-11-9-12-20(23(18)32)28-14-30;1-17-11-7-8-12(13(15)9-11)14(16)10-5-3-2-4-6-10/h9,11-12,14-17,19,22,24,32H,6-8,10,13H2,1-5H3,(H,28,30)(H,29,33);2-9,15H,1H3. The zero-order valence-electron chi connectivity index (χ0n) is 31.9. The number of ketones is 1. The van der Waals surface area contributed by atoms with Gasteiger partial charge in [-0.05, 0) is 50.5 Å². The highest BCUT2D eigenvalue weighted by molar-refractivity contribution is 6.10. The number of aromatic hydroxyl groups is 2. The Hall–Kier alpha value is -5.92. The molecule has 5 unspecified atom stereocenters. The molecule has 0 radical (unpaired) electrons. The third-order valence-electron chi connectivity index (χ3n) is 8.72. The molecule has 0 aromatic heterocycles. The number of phenolic OH excluding ortho intramolecular Hbond substituents is 2. The monoisotopic (exact) mass is 762 g/mol. The average Bonchev–Trinajstić information content (AvgIpc) is 3.17. The predicted octanol–water partition coefficient (Wildman–Crippen LogP) is 5.72.